The molecule has 0 bridgehead atoms. The molecule has 21 heavy (non-hydrogen) atoms. The smallest absolute Gasteiger partial charge is 0.305 e. The Morgan fingerprint density at radius 2 is 2.00 bits per heavy atom. The lowest BCUT2D eigenvalue weighted by Gasteiger charge is -1.99. The minimum absolute atomic E-state index is 0.389. The molecule has 4 aromatic rings. The quantitative estimate of drug-likeness (QED) is 0.561. The highest BCUT2D eigenvalue weighted by Crippen LogP contribution is 2.30. The topological polar surface area (TPSA) is 91.5 Å². The van der Waals surface area contributed by atoms with Crippen LogP contribution < -0.4 is 11.2 Å². The molecule has 4 heterocycles. The summed E-state index contributed by atoms with van der Waals surface area (Å²) in [6, 6.07) is 7.47. The van der Waals surface area contributed by atoms with Crippen LogP contribution in [-0.2, 0) is 0 Å². The normalized spacial score (nSPS) is 11.2. The monoisotopic (exact) mass is 296 g/mol. The molecule has 0 aliphatic carbocycles. The maximum absolute atomic E-state index is 11.8. The van der Waals surface area contributed by atoms with Gasteiger partial charge in [-0.1, -0.05) is 0 Å². The summed E-state index contributed by atoms with van der Waals surface area (Å²) in [5.41, 5.74) is 1.32. The van der Waals surface area contributed by atoms with Crippen LogP contribution in [-0.4, -0.2) is 19.9 Å². The molecule has 4 aromatic heterocycles. The van der Waals surface area contributed by atoms with Crippen LogP contribution in [0.3, 0.4) is 0 Å². The minimum Gasteiger partial charge on any atom is -0.305 e. The maximum Gasteiger partial charge on any atom is 0.326 e. The Bertz CT molecular complexity index is 1080. The molecule has 0 aromatic carbocycles. The first kappa shape index (κ1) is 12.0. The lowest BCUT2D eigenvalue weighted by atomic mass is 10.2. The number of H-pyrrole nitrogens is 2. The summed E-state index contributed by atoms with van der Waals surface area (Å²) in [5.74, 6) is 0. The van der Waals surface area contributed by atoms with Gasteiger partial charge in [0.1, 0.15) is 9.53 Å². The van der Waals surface area contributed by atoms with Crippen LogP contribution in [0.15, 0.2) is 46.2 Å². The number of nitrogens with zero attached hydrogens (tertiary/aromatic N) is 2. The van der Waals surface area contributed by atoms with Crippen molar-refractivity contribution in [3.8, 4) is 11.3 Å². The van der Waals surface area contributed by atoms with Gasteiger partial charge in [-0.05, 0) is 24.3 Å². The Morgan fingerprint density at radius 3 is 2.81 bits per heavy atom. The average Bonchev–Trinajstić information content (AvgIpc) is 2.86. The summed E-state index contributed by atoms with van der Waals surface area (Å²) < 4.78 is 0.473. The van der Waals surface area contributed by atoms with E-state index in [4.69, 9.17) is 0 Å². The molecule has 102 valence electrons. The first-order valence-corrected chi connectivity index (χ1v) is 7.00. The van der Waals surface area contributed by atoms with Gasteiger partial charge in [-0.25, -0.2) is 9.78 Å². The number of hydrogen-bond acceptors (Lipinski definition) is 5. The molecule has 0 fully saturated rings. The van der Waals surface area contributed by atoms with Crippen molar-refractivity contribution in [2.45, 2.75) is 0 Å². The third-order valence-electron chi connectivity index (χ3n) is 3.18. The summed E-state index contributed by atoms with van der Waals surface area (Å²) in [7, 11) is 0. The molecule has 4 rings (SSSR count). The fourth-order valence-corrected chi connectivity index (χ4v) is 3.27. The van der Waals surface area contributed by atoms with Gasteiger partial charge in [-0.3, -0.25) is 14.8 Å². The number of fused-ring (bicyclic) bond motifs is 3. The summed E-state index contributed by atoms with van der Waals surface area (Å²) in [5, 5.41) is 0.769. The number of thiophene rings is 1. The summed E-state index contributed by atoms with van der Waals surface area (Å²) in [4.78, 5) is 37.4. The van der Waals surface area contributed by atoms with Crippen LogP contribution in [0, 0.1) is 0 Å². The van der Waals surface area contributed by atoms with Crippen LogP contribution in [0.25, 0.3) is 31.7 Å². The van der Waals surface area contributed by atoms with Gasteiger partial charge >= 0.3 is 5.69 Å². The lowest BCUT2D eigenvalue weighted by molar-refractivity contribution is 1.09. The van der Waals surface area contributed by atoms with E-state index in [1.807, 2.05) is 24.3 Å². The van der Waals surface area contributed by atoms with E-state index in [0.717, 1.165) is 16.6 Å². The van der Waals surface area contributed by atoms with E-state index >= 15 is 0 Å². The summed E-state index contributed by atoms with van der Waals surface area (Å²) >= 11 is 1.26. The van der Waals surface area contributed by atoms with Gasteiger partial charge in [0, 0.05) is 23.3 Å². The molecular formula is C14H8N4O2S. The second-order valence-corrected chi connectivity index (χ2v) is 5.50. The third kappa shape index (κ3) is 1.86. The standard InChI is InChI=1S/C14H8N4O2S/c19-12-11-10(17-14(20)18-12)8-3-4-9(16-13(8)21-11)7-2-1-5-15-6-7/h1-6H,(H2,17,18,19,20). The SMILES string of the molecule is O=c1[nH]c(=O)c2sc3nc(-c4cccnc4)ccc3c2[nH]1. The highest BCUT2D eigenvalue weighted by molar-refractivity contribution is 7.25. The van der Waals surface area contributed by atoms with Crippen molar-refractivity contribution in [2.75, 3.05) is 0 Å². The number of aromatic amines is 2. The van der Waals surface area contributed by atoms with Crippen LogP contribution in [0.4, 0.5) is 0 Å². The Morgan fingerprint density at radius 1 is 1.10 bits per heavy atom. The molecule has 0 saturated heterocycles. The fourth-order valence-electron chi connectivity index (χ4n) is 2.24. The molecule has 6 nitrogen and oxygen atoms in total. The van der Waals surface area contributed by atoms with E-state index < -0.39 is 5.69 Å². The average molecular weight is 296 g/mol. The zero-order valence-corrected chi connectivity index (χ0v) is 11.4. The Labute approximate surface area is 121 Å². The molecule has 0 amide bonds. The van der Waals surface area contributed by atoms with Gasteiger partial charge in [0.25, 0.3) is 5.56 Å². The zero-order valence-electron chi connectivity index (χ0n) is 10.6. The Kier molecular flexibility index (Phi) is 2.48. The van der Waals surface area contributed by atoms with Gasteiger partial charge in [0.2, 0.25) is 0 Å². The Hall–Kier alpha value is -2.80. The molecule has 0 aliphatic rings. The van der Waals surface area contributed by atoms with E-state index in [2.05, 4.69) is 19.9 Å². The summed E-state index contributed by atoms with van der Waals surface area (Å²) in [6.45, 7) is 0. The second-order valence-electron chi connectivity index (χ2n) is 4.51. The van der Waals surface area contributed by atoms with E-state index in [1.54, 1.807) is 12.4 Å². The molecule has 7 heteroatoms. The summed E-state index contributed by atoms with van der Waals surface area (Å²) in [6.07, 6.45) is 3.43. The van der Waals surface area contributed by atoms with Gasteiger partial charge in [-0.2, -0.15) is 0 Å². The van der Waals surface area contributed by atoms with Crippen molar-refractivity contribution < 1.29 is 0 Å². The molecular weight excluding hydrogens is 288 g/mol. The van der Waals surface area contributed by atoms with Gasteiger partial charge in [-0.15, -0.1) is 11.3 Å². The van der Waals surface area contributed by atoms with Gasteiger partial charge < -0.3 is 4.98 Å². The number of pyridine rings is 2. The molecule has 2 N–H and O–H groups in total. The first-order valence-electron chi connectivity index (χ1n) is 6.18. The molecule has 0 atom stereocenters. The number of aromatic nitrogens is 4. The molecule has 0 spiro atoms. The van der Waals surface area contributed by atoms with Crippen LogP contribution in [0.5, 0.6) is 0 Å². The van der Waals surface area contributed by atoms with Crippen molar-refractivity contribution in [3.05, 3.63) is 57.5 Å². The van der Waals surface area contributed by atoms with E-state index in [1.165, 1.54) is 11.3 Å². The van der Waals surface area contributed by atoms with Gasteiger partial charge in [0.05, 0.1) is 11.2 Å². The first-order chi connectivity index (χ1) is 10.2. The van der Waals surface area contributed by atoms with E-state index in [0.29, 0.717) is 15.0 Å². The zero-order chi connectivity index (χ0) is 14.4. The molecule has 0 saturated carbocycles. The van der Waals surface area contributed by atoms with Crippen molar-refractivity contribution in [2.24, 2.45) is 0 Å². The van der Waals surface area contributed by atoms with Crippen molar-refractivity contribution in [3.63, 3.8) is 0 Å². The largest absolute Gasteiger partial charge is 0.326 e. The van der Waals surface area contributed by atoms with E-state index in [-0.39, 0.29) is 5.56 Å². The lowest BCUT2D eigenvalue weighted by Crippen LogP contribution is -2.20. The van der Waals surface area contributed by atoms with Crippen molar-refractivity contribution in [1.82, 2.24) is 19.9 Å². The Balaban J connectivity index is 2.06. The second kappa shape index (κ2) is 4.35. The van der Waals surface area contributed by atoms with E-state index in [9.17, 15) is 9.59 Å². The highest BCUT2D eigenvalue weighted by atomic mass is 32.1. The van der Waals surface area contributed by atoms with Crippen LogP contribution >= 0.6 is 11.3 Å². The molecule has 0 radical (unpaired) electrons. The van der Waals surface area contributed by atoms with Crippen molar-refractivity contribution in [1.29, 1.82) is 0 Å². The maximum atomic E-state index is 11.8. The number of hydrogen-bond donors (Lipinski definition) is 2. The predicted molar refractivity (Wildman–Crippen MR) is 81.6 cm³/mol. The van der Waals surface area contributed by atoms with Gasteiger partial charge in [0.15, 0.2) is 0 Å². The number of nitrogens with one attached hydrogen (secondary N) is 2. The number of rotatable bonds is 1. The van der Waals surface area contributed by atoms with Crippen LogP contribution in [0.2, 0.25) is 0 Å². The van der Waals surface area contributed by atoms with Crippen LogP contribution in [0.1, 0.15) is 0 Å². The fraction of sp³-hybridized carbons (Fsp3) is 0. The third-order valence-corrected chi connectivity index (χ3v) is 4.28. The van der Waals surface area contributed by atoms with Crippen molar-refractivity contribution >= 4 is 31.8 Å². The molecule has 0 unspecified atom stereocenters. The minimum atomic E-state index is -0.511. The highest BCUT2D eigenvalue weighted by Gasteiger charge is 2.11. The molecule has 0 aliphatic heterocycles. The predicted octanol–water partition coefficient (Wildman–Crippen LogP) is 1.89.